The number of H-pyrrole nitrogens is 2. The van der Waals surface area contributed by atoms with Crippen LogP contribution in [0.3, 0.4) is 0 Å². The number of hydrogen-bond acceptors (Lipinski definition) is 4. The molecule has 234 valence electrons. The number of nitrogens with one attached hydrogen (secondary N) is 2. The van der Waals surface area contributed by atoms with Crippen molar-refractivity contribution in [2.24, 2.45) is 0 Å². The van der Waals surface area contributed by atoms with Crippen molar-refractivity contribution in [3.05, 3.63) is 77.8 Å². The third kappa shape index (κ3) is 5.81. The molecule has 0 atom stereocenters. The highest BCUT2D eigenvalue weighted by Crippen LogP contribution is 2.35. The molecule has 0 aliphatic heterocycles. The third-order valence-electron chi connectivity index (χ3n) is 8.19. The normalized spacial score (nSPS) is 12.4. The van der Waals surface area contributed by atoms with Gasteiger partial charge in [0.1, 0.15) is 0 Å². The minimum Gasteiger partial charge on any atom is -0.351 e. The maximum absolute atomic E-state index is 14.2. The first kappa shape index (κ1) is 34.1. The second-order valence-electron chi connectivity index (χ2n) is 13.5. The Bertz CT molecular complexity index is 2110. The second kappa shape index (κ2) is 12.2. The maximum atomic E-state index is 14.2. The molecule has 6 aromatic rings. The van der Waals surface area contributed by atoms with Gasteiger partial charge in [-0.3, -0.25) is 28.3 Å². The van der Waals surface area contributed by atoms with Crippen LogP contribution in [0.1, 0.15) is 12.8 Å². The molecular formula is C32H40I2N6O4+2. The van der Waals surface area contributed by atoms with E-state index in [2.05, 4.69) is 52.3 Å². The van der Waals surface area contributed by atoms with Crippen LogP contribution >= 0.6 is 48.0 Å². The number of aromatic nitrogens is 4. The third-order valence-corrected chi connectivity index (χ3v) is 8.19. The molecule has 6 rings (SSSR count). The lowest BCUT2D eigenvalue weighted by Gasteiger charge is -2.24. The Hall–Kier alpha value is -2.82. The summed E-state index contributed by atoms with van der Waals surface area (Å²) in [4.78, 5) is 62.8. The van der Waals surface area contributed by atoms with Gasteiger partial charge in [-0.25, -0.2) is 0 Å². The van der Waals surface area contributed by atoms with Gasteiger partial charge in [-0.15, -0.1) is 48.0 Å². The topological polar surface area (TPSA) is 110 Å². The van der Waals surface area contributed by atoms with Gasteiger partial charge < -0.3 is 18.9 Å². The minimum atomic E-state index is -0.423. The summed E-state index contributed by atoms with van der Waals surface area (Å²) in [6, 6.07) is 10.8. The zero-order valence-electron chi connectivity index (χ0n) is 25.9. The predicted molar refractivity (Wildman–Crippen MR) is 201 cm³/mol. The molecule has 0 aliphatic carbocycles. The fourth-order valence-electron chi connectivity index (χ4n) is 6.18. The molecule has 0 saturated heterocycles. The van der Waals surface area contributed by atoms with Gasteiger partial charge in [0.25, 0.3) is 22.2 Å². The highest BCUT2D eigenvalue weighted by Gasteiger charge is 2.25. The van der Waals surface area contributed by atoms with Gasteiger partial charge in [0.2, 0.25) is 0 Å². The van der Waals surface area contributed by atoms with Crippen molar-refractivity contribution in [3.8, 4) is 0 Å². The van der Waals surface area contributed by atoms with Crippen molar-refractivity contribution < 1.29 is 8.97 Å². The number of halogens is 2. The van der Waals surface area contributed by atoms with Crippen molar-refractivity contribution in [2.75, 3.05) is 55.4 Å². The monoisotopic (exact) mass is 826 g/mol. The Morgan fingerprint density at radius 1 is 0.545 bits per heavy atom. The molecule has 2 N–H and O–H groups in total. The van der Waals surface area contributed by atoms with Crippen molar-refractivity contribution >= 4 is 102 Å². The molecule has 0 bridgehead atoms. The Morgan fingerprint density at radius 3 is 1.25 bits per heavy atom. The summed E-state index contributed by atoms with van der Waals surface area (Å²) in [5, 5.41) is 2.04. The summed E-state index contributed by atoms with van der Waals surface area (Å²) < 4.78 is 4.03. The van der Waals surface area contributed by atoms with E-state index in [1.54, 1.807) is 12.1 Å². The predicted octanol–water partition coefficient (Wildman–Crippen LogP) is 4.02. The fourth-order valence-corrected chi connectivity index (χ4v) is 6.18. The number of nitrogens with zero attached hydrogens (tertiary/aromatic N) is 4. The molecule has 0 radical (unpaired) electrons. The lowest BCUT2D eigenvalue weighted by atomic mass is 9.94. The van der Waals surface area contributed by atoms with E-state index in [-0.39, 0.29) is 61.0 Å². The zero-order valence-corrected chi connectivity index (χ0v) is 30.6. The lowest BCUT2D eigenvalue weighted by Crippen LogP contribution is -2.39. The number of hydrogen-bond donors (Lipinski definition) is 2. The van der Waals surface area contributed by atoms with Gasteiger partial charge in [-0.1, -0.05) is 12.1 Å². The van der Waals surface area contributed by atoms with Gasteiger partial charge >= 0.3 is 0 Å². The summed E-state index contributed by atoms with van der Waals surface area (Å²) in [6.07, 6.45) is 1.29. The van der Waals surface area contributed by atoms with Crippen LogP contribution in [0, 0.1) is 0 Å². The first-order valence-electron chi connectivity index (χ1n) is 14.4. The van der Waals surface area contributed by atoms with Crippen LogP contribution in [0.15, 0.2) is 55.6 Å². The van der Waals surface area contributed by atoms with Crippen LogP contribution in [-0.2, 0) is 13.1 Å². The molecule has 3 heterocycles. The van der Waals surface area contributed by atoms with E-state index in [1.807, 2.05) is 24.3 Å². The van der Waals surface area contributed by atoms with Crippen LogP contribution < -0.4 is 22.2 Å². The zero-order chi connectivity index (χ0) is 30.1. The number of benzene rings is 3. The number of aromatic amines is 2. The average Bonchev–Trinajstić information content (AvgIpc) is 2.91. The van der Waals surface area contributed by atoms with Crippen LogP contribution in [0.4, 0.5) is 0 Å². The first-order chi connectivity index (χ1) is 19.8. The van der Waals surface area contributed by atoms with Crippen LogP contribution in [-0.4, -0.2) is 83.4 Å². The fraction of sp³-hybridized carbons (Fsp3) is 0.375. The summed E-state index contributed by atoms with van der Waals surface area (Å²) in [6.45, 7) is 2.12. The standard InChI is InChI=1S/C32H36N6O4.2HI/c1-37(2,3)17-9-15-35-29(39)19-13-14-20-24-23(19)25(31(35)41)27-28(34-22-12-8-7-11-21(22)33-27)26(24)32(42)36(30(20)40)16-10-18-38(4,5)6;;/h7-8,11-14H,9-10,15-18H2,1-6H3;2*1H/p+2. The molecule has 0 amide bonds. The largest absolute Gasteiger partial charge is 0.351 e. The molecule has 0 saturated carbocycles. The number of fused-ring (bicyclic) bond motifs is 4. The van der Waals surface area contributed by atoms with E-state index in [0.29, 0.717) is 65.2 Å². The van der Waals surface area contributed by atoms with Gasteiger partial charge in [0.15, 0.2) is 0 Å². The van der Waals surface area contributed by atoms with Gasteiger partial charge in [0, 0.05) is 47.5 Å². The van der Waals surface area contributed by atoms with E-state index in [4.69, 9.17) is 0 Å². The average molecular weight is 827 g/mol. The van der Waals surface area contributed by atoms with Gasteiger partial charge in [-0.05, 0) is 24.3 Å². The van der Waals surface area contributed by atoms with Crippen LogP contribution in [0.25, 0.3) is 54.4 Å². The maximum Gasteiger partial charge on any atom is 0.263 e. The first-order valence-corrected chi connectivity index (χ1v) is 14.4. The summed E-state index contributed by atoms with van der Waals surface area (Å²) in [5.74, 6) is 0. The van der Waals surface area contributed by atoms with Gasteiger partial charge in [-0.2, -0.15) is 0 Å². The van der Waals surface area contributed by atoms with E-state index >= 15 is 0 Å². The van der Waals surface area contributed by atoms with Crippen LogP contribution in [0.2, 0.25) is 0 Å². The number of para-hydroxylation sites is 2. The minimum absolute atomic E-state index is 0. The van der Waals surface area contributed by atoms with Crippen molar-refractivity contribution in [1.82, 2.24) is 19.1 Å². The lowest BCUT2D eigenvalue weighted by molar-refractivity contribution is -0.870. The quantitative estimate of drug-likeness (QED) is 0.105. The molecule has 0 spiro atoms. The van der Waals surface area contributed by atoms with E-state index in [9.17, 15) is 19.2 Å². The molecular weight excluding hydrogens is 786 g/mol. The SMILES string of the molecule is C[N+](C)(C)CCCn1c(=O)c2ccc3c(=O)n(CCC[N+](C)(C)C)c(=O)c4c5[nH]c6ccccc6[nH]c5c(c1=O)c2c34.I.I. The Labute approximate surface area is 287 Å². The summed E-state index contributed by atoms with van der Waals surface area (Å²) >= 11 is 0. The highest BCUT2D eigenvalue weighted by atomic mass is 127. The summed E-state index contributed by atoms with van der Waals surface area (Å²) in [5.41, 5.74) is 0.773. The molecule has 0 unspecified atom stereocenters. The Kier molecular flexibility index (Phi) is 9.42. The van der Waals surface area contributed by atoms with E-state index in [1.165, 1.54) is 9.13 Å². The van der Waals surface area contributed by atoms with Crippen molar-refractivity contribution in [3.63, 3.8) is 0 Å². The van der Waals surface area contributed by atoms with Crippen molar-refractivity contribution in [2.45, 2.75) is 25.9 Å². The Morgan fingerprint density at radius 2 is 0.909 bits per heavy atom. The molecule has 12 heteroatoms. The molecule has 0 fully saturated rings. The number of pyridine rings is 2. The van der Waals surface area contributed by atoms with Crippen molar-refractivity contribution in [1.29, 1.82) is 0 Å². The molecule has 3 aromatic heterocycles. The highest BCUT2D eigenvalue weighted by molar-refractivity contribution is 14.0. The second-order valence-corrected chi connectivity index (χ2v) is 13.5. The molecule has 10 nitrogen and oxygen atoms in total. The van der Waals surface area contributed by atoms with E-state index in [0.717, 1.165) is 24.1 Å². The number of rotatable bonds is 8. The Balaban J connectivity index is 0.00000221. The molecule has 3 aromatic carbocycles. The van der Waals surface area contributed by atoms with Crippen LogP contribution in [0.5, 0.6) is 0 Å². The smallest absolute Gasteiger partial charge is 0.263 e. The summed E-state index contributed by atoms with van der Waals surface area (Å²) in [7, 11) is 12.4. The van der Waals surface area contributed by atoms with Gasteiger partial charge in [0.05, 0.1) is 88.2 Å². The molecule has 0 aliphatic rings. The molecule has 44 heavy (non-hydrogen) atoms. The van der Waals surface area contributed by atoms with E-state index < -0.39 is 22.2 Å². The number of quaternary nitrogens is 2.